The number of alkyl halides is 3. The molecule has 3 nitrogen and oxygen atoms in total. The zero-order valence-electron chi connectivity index (χ0n) is 8.84. The lowest BCUT2D eigenvalue weighted by molar-refractivity contribution is -0.136. The van der Waals surface area contributed by atoms with E-state index in [2.05, 4.69) is 0 Å². The van der Waals surface area contributed by atoms with Crippen LogP contribution in [0, 0.1) is 0 Å². The van der Waals surface area contributed by atoms with Crippen molar-refractivity contribution in [1.82, 2.24) is 5.32 Å². The lowest BCUT2D eigenvalue weighted by atomic mass is 10.3. The second kappa shape index (κ2) is 5.77. The van der Waals surface area contributed by atoms with Gasteiger partial charge in [-0.15, -0.1) is 11.8 Å². The molecule has 0 radical (unpaired) electrons. The van der Waals surface area contributed by atoms with Gasteiger partial charge in [-0.25, -0.2) is 0 Å². The van der Waals surface area contributed by atoms with Gasteiger partial charge in [0.2, 0.25) is 5.91 Å². The quantitative estimate of drug-likeness (QED) is 0.831. The summed E-state index contributed by atoms with van der Waals surface area (Å²) in [4.78, 5) is 11.1. The molecule has 7 heteroatoms. The summed E-state index contributed by atoms with van der Waals surface area (Å²) in [5.41, 5.74) is 0. The summed E-state index contributed by atoms with van der Waals surface area (Å²) in [7, 11) is 0. The normalized spacial score (nSPS) is 25.8. The number of thioether (sulfide) groups is 1. The minimum atomic E-state index is -4.34. The Bertz CT molecular complexity index is 247. The number of carbonyl (C=O) groups excluding carboxylic acids is 1. The molecular formula is C9H14F3NO2S. The molecule has 94 valence electrons. The Morgan fingerprint density at radius 2 is 2.25 bits per heavy atom. The highest BCUT2D eigenvalue weighted by Gasteiger charge is 2.29. The molecule has 1 saturated heterocycles. The summed E-state index contributed by atoms with van der Waals surface area (Å²) in [5.74, 6) is -0.532. The van der Waals surface area contributed by atoms with Gasteiger partial charge in [0.25, 0.3) is 0 Å². The average Bonchev–Trinajstić information content (AvgIpc) is 2.57. The van der Waals surface area contributed by atoms with Crippen molar-refractivity contribution < 1.29 is 22.7 Å². The van der Waals surface area contributed by atoms with Crippen molar-refractivity contribution in [2.24, 2.45) is 0 Å². The van der Waals surface area contributed by atoms with Crippen LogP contribution in [0.15, 0.2) is 0 Å². The van der Waals surface area contributed by atoms with Gasteiger partial charge < -0.3 is 10.1 Å². The third kappa shape index (κ3) is 5.07. The number of amides is 1. The van der Waals surface area contributed by atoms with Crippen LogP contribution < -0.4 is 5.32 Å². The third-order valence-corrected chi connectivity index (χ3v) is 3.70. The fourth-order valence-electron chi connectivity index (χ4n) is 1.36. The van der Waals surface area contributed by atoms with E-state index >= 15 is 0 Å². The predicted molar refractivity (Wildman–Crippen MR) is 55.3 cm³/mol. The molecule has 0 aromatic carbocycles. The van der Waals surface area contributed by atoms with Crippen LogP contribution in [-0.4, -0.2) is 42.3 Å². The molecule has 1 aliphatic heterocycles. The van der Waals surface area contributed by atoms with Gasteiger partial charge in [-0.3, -0.25) is 4.79 Å². The molecule has 0 aliphatic carbocycles. The molecular weight excluding hydrogens is 243 g/mol. The van der Waals surface area contributed by atoms with Crippen molar-refractivity contribution in [3.8, 4) is 0 Å². The van der Waals surface area contributed by atoms with Crippen molar-refractivity contribution in [1.29, 1.82) is 0 Å². The maximum atomic E-state index is 11.8. The lowest BCUT2D eigenvalue weighted by Gasteiger charge is -2.13. The smallest absolute Gasteiger partial charge is 0.377 e. The van der Waals surface area contributed by atoms with Gasteiger partial charge in [-0.1, -0.05) is 0 Å². The Hall–Kier alpha value is -0.430. The minimum absolute atomic E-state index is 0.0500. The van der Waals surface area contributed by atoms with Crippen molar-refractivity contribution in [3.63, 3.8) is 0 Å². The molecule has 16 heavy (non-hydrogen) atoms. The first-order valence-electron chi connectivity index (χ1n) is 4.95. The van der Waals surface area contributed by atoms with Gasteiger partial charge in [0, 0.05) is 11.9 Å². The van der Waals surface area contributed by atoms with Crippen molar-refractivity contribution >= 4 is 17.7 Å². The summed E-state index contributed by atoms with van der Waals surface area (Å²) in [6.07, 6.45) is -3.43. The fraction of sp³-hybridized carbons (Fsp3) is 0.889. The van der Waals surface area contributed by atoms with E-state index in [1.54, 1.807) is 0 Å². The Morgan fingerprint density at radius 1 is 1.56 bits per heavy atom. The number of nitrogens with one attached hydrogen (secondary N) is 1. The van der Waals surface area contributed by atoms with Gasteiger partial charge >= 0.3 is 6.18 Å². The Morgan fingerprint density at radius 3 is 2.75 bits per heavy atom. The molecule has 0 saturated carbocycles. The summed E-state index contributed by atoms with van der Waals surface area (Å²) < 4.78 is 40.6. The predicted octanol–water partition coefficient (Wildman–Crippen LogP) is 1.58. The Labute approximate surface area is 96.1 Å². The highest BCUT2D eigenvalue weighted by atomic mass is 32.2. The van der Waals surface area contributed by atoms with E-state index in [1.165, 1.54) is 11.8 Å². The molecule has 1 aliphatic rings. The zero-order valence-corrected chi connectivity index (χ0v) is 9.66. The largest absolute Gasteiger partial charge is 0.405 e. The molecule has 0 aromatic rings. The Kier molecular flexibility index (Phi) is 4.91. The van der Waals surface area contributed by atoms with E-state index in [-0.39, 0.29) is 17.1 Å². The molecule has 1 rings (SSSR count). The minimum Gasteiger partial charge on any atom is -0.377 e. The van der Waals surface area contributed by atoms with Crippen molar-refractivity contribution in [3.05, 3.63) is 0 Å². The van der Waals surface area contributed by atoms with Crippen LogP contribution in [0.2, 0.25) is 0 Å². The maximum absolute atomic E-state index is 11.8. The fourth-order valence-corrected chi connectivity index (χ4v) is 2.44. The van der Waals surface area contributed by atoms with E-state index < -0.39 is 18.6 Å². The second-order valence-electron chi connectivity index (χ2n) is 3.61. The van der Waals surface area contributed by atoms with E-state index in [9.17, 15) is 18.0 Å². The highest BCUT2D eigenvalue weighted by Crippen LogP contribution is 2.25. The van der Waals surface area contributed by atoms with E-state index in [0.29, 0.717) is 6.61 Å². The number of ether oxygens (including phenoxy) is 1. The topological polar surface area (TPSA) is 38.3 Å². The standard InChI is InChI=1S/C9H14F3NO2S/c1-6-7(2-3-15-6)16-4-8(14)13-5-9(10,11)12/h6-7H,2-5H2,1H3,(H,13,14). The van der Waals surface area contributed by atoms with E-state index in [0.717, 1.165) is 6.42 Å². The van der Waals surface area contributed by atoms with Gasteiger partial charge in [0.05, 0.1) is 11.9 Å². The average molecular weight is 257 g/mol. The monoisotopic (exact) mass is 257 g/mol. The summed E-state index contributed by atoms with van der Waals surface area (Å²) >= 11 is 1.35. The van der Waals surface area contributed by atoms with Crippen LogP contribution in [0.25, 0.3) is 0 Å². The first-order chi connectivity index (χ1) is 7.38. The molecule has 1 fully saturated rings. The van der Waals surface area contributed by atoms with E-state index in [4.69, 9.17) is 4.74 Å². The maximum Gasteiger partial charge on any atom is 0.405 e. The molecule has 2 atom stereocenters. The first kappa shape index (κ1) is 13.6. The molecule has 1 N–H and O–H groups in total. The molecule has 0 aromatic heterocycles. The molecule has 1 heterocycles. The summed E-state index contributed by atoms with van der Waals surface area (Å²) in [6.45, 7) is 1.30. The lowest BCUT2D eigenvalue weighted by Crippen LogP contribution is -2.35. The third-order valence-electron chi connectivity index (χ3n) is 2.22. The van der Waals surface area contributed by atoms with Crippen molar-refractivity contribution in [2.45, 2.75) is 30.9 Å². The number of hydrogen-bond donors (Lipinski definition) is 1. The number of hydrogen-bond acceptors (Lipinski definition) is 3. The van der Waals surface area contributed by atoms with Crippen LogP contribution in [0.5, 0.6) is 0 Å². The number of rotatable bonds is 4. The molecule has 0 spiro atoms. The molecule has 1 amide bonds. The van der Waals surface area contributed by atoms with Crippen LogP contribution in [-0.2, 0) is 9.53 Å². The zero-order chi connectivity index (χ0) is 12.2. The molecule has 0 bridgehead atoms. The van der Waals surface area contributed by atoms with E-state index in [1.807, 2.05) is 12.2 Å². The Balaban J connectivity index is 2.15. The van der Waals surface area contributed by atoms with Gasteiger partial charge in [0.1, 0.15) is 6.54 Å². The van der Waals surface area contributed by atoms with Crippen LogP contribution in [0.4, 0.5) is 13.2 Å². The highest BCUT2D eigenvalue weighted by molar-refractivity contribution is 8.00. The SMILES string of the molecule is CC1OCCC1SCC(=O)NCC(F)(F)F. The van der Waals surface area contributed by atoms with Gasteiger partial charge in [-0.05, 0) is 13.3 Å². The first-order valence-corrected chi connectivity index (χ1v) is 6.00. The van der Waals surface area contributed by atoms with Gasteiger partial charge in [-0.2, -0.15) is 13.2 Å². The van der Waals surface area contributed by atoms with Crippen LogP contribution >= 0.6 is 11.8 Å². The summed E-state index contributed by atoms with van der Waals surface area (Å²) in [6, 6.07) is 0. The van der Waals surface area contributed by atoms with Crippen LogP contribution in [0.1, 0.15) is 13.3 Å². The number of carbonyl (C=O) groups is 1. The van der Waals surface area contributed by atoms with Gasteiger partial charge in [0.15, 0.2) is 0 Å². The van der Waals surface area contributed by atoms with Crippen molar-refractivity contribution in [2.75, 3.05) is 18.9 Å². The number of halogens is 3. The summed E-state index contributed by atoms with van der Waals surface area (Å²) in [5, 5.41) is 2.04. The van der Waals surface area contributed by atoms with Crippen LogP contribution in [0.3, 0.4) is 0 Å². The molecule has 2 unspecified atom stereocenters. The second-order valence-corrected chi connectivity index (χ2v) is 4.83.